The first-order chi connectivity index (χ1) is 9.47. The number of carbonyl (C=O) groups is 2. The van der Waals surface area contributed by atoms with Crippen molar-refractivity contribution < 1.29 is 14.5 Å². The molecule has 0 bridgehead atoms. The molecular weight excluding hydrogens is 280 g/mol. The molecule has 0 spiro atoms. The number of hydrogen-bond acceptors (Lipinski definition) is 5. The van der Waals surface area contributed by atoms with Gasteiger partial charge in [0.25, 0.3) is 17.5 Å². The molecule has 1 aliphatic heterocycles. The predicted molar refractivity (Wildman–Crippen MR) is 75.9 cm³/mol. The van der Waals surface area contributed by atoms with Crippen LogP contribution in [0.3, 0.4) is 0 Å². The first-order valence-electron chi connectivity index (χ1n) is 5.91. The van der Waals surface area contributed by atoms with Crippen LogP contribution in [0.4, 0.5) is 5.69 Å². The monoisotopic (exact) mass is 292 g/mol. The lowest BCUT2D eigenvalue weighted by Crippen LogP contribution is -2.26. The molecule has 7 heteroatoms. The first-order valence-corrected chi connectivity index (χ1v) is 6.90. The second-order valence-corrected chi connectivity index (χ2v) is 5.38. The number of benzene rings is 1. The fourth-order valence-corrected chi connectivity index (χ4v) is 2.80. The van der Waals surface area contributed by atoms with Crippen LogP contribution in [0.15, 0.2) is 29.2 Å². The number of thioether (sulfide) groups is 1. The normalized spacial score (nSPS) is 15.2. The third kappa shape index (κ3) is 2.32. The van der Waals surface area contributed by atoms with Gasteiger partial charge in [-0.15, -0.1) is 11.8 Å². The fourth-order valence-electron chi connectivity index (χ4n) is 1.90. The zero-order valence-corrected chi connectivity index (χ0v) is 11.8. The van der Waals surface area contributed by atoms with Crippen LogP contribution in [0, 0.1) is 10.1 Å². The van der Waals surface area contributed by atoms with E-state index in [1.165, 1.54) is 43.1 Å². The Labute approximate surface area is 119 Å². The number of nitro groups is 1. The summed E-state index contributed by atoms with van der Waals surface area (Å²) in [5.41, 5.74) is 0.790. The van der Waals surface area contributed by atoms with Crippen molar-refractivity contribution in [2.24, 2.45) is 0 Å². The zero-order valence-electron chi connectivity index (χ0n) is 11.0. The third-order valence-electron chi connectivity index (χ3n) is 2.90. The Kier molecular flexibility index (Phi) is 3.89. The number of non-ortho nitro benzene ring substituents is 1. The van der Waals surface area contributed by atoms with E-state index < -0.39 is 4.92 Å². The van der Waals surface area contributed by atoms with E-state index >= 15 is 0 Å². The van der Waals surface area contributed by atoms with Crippen LogP contribution < -0.4 is 0 Å². The van der Waals surface area contributed by atoms with Gasteiger partial charge in [0.1, 0.15) is 0 Å². The highest BCUT2D eigenvalue weighted by Crippen LogP contribution is 2.35. The lowest BCUT2D eigenvalue weighted by Gasteiger charge is -2.06. The molecule has 0 fully saturated rings. The van der Waals surface area contributed by atoms with Crippen molar-refractivity contribution in [3.05, 3.63) is 44.8 Å². The van der Waals surface area contributed by atoms with E-state index in [1.54, 1.807) is 0 Å². The molecule has 1 aromatic rings. The maximum absolute atomic E-state index is 12.1. The maximum atomic E-state index is 12.1. The summed E-state index contributed by atoms with van der Waals surface area (Å²) in [4.78, 5) is 35.7. The molecule has 0 unspecified atom stereocenters. The number of carbonyl (C=O) groups excluding carboxylic acids is 2. The molecule has 0 saturated carbocycles. The summed E-state index contributed by atoms with van der Waals surface area (Å²) in [7, 11) is 1.43. The number of nitrogens with zero attached hydrogens (tertiary/aromatic N) is 2. The van der Waals surface area contributed by atoms with Crippen LogP contribution in [0.1, 0.15) is 12.5 Å². The van der Waals surface area contributed by atoms with Crippen molar-refractivity contribution in [3.63, 3.8) is 0 Å². The summed E-state index contributed by atoms with van der Waals surface area (Å²) in [6, 6.07) is 5.64. The fraction of sp³-hybridized carbons (Fsp3) is 0.231. The van der Waals surface area contributed by atoms with Crippen molar-refractivity contribution in [2.75, 3.05) is 12.8 Å². The average Bonchev–Trinajstić information content (AvgIpc) is 2.64. The second-order valence-electron chi connectivity index (χ2n) is 4.11. The van der Waals surface area contributed by atoms with Gasteiger partial charge in [-0.25, -0.2) is 0 Å². The molecular formula is C13H12N2O4S. The van der Waals surface area contributed by atoms with Crippen molar-refractivity contribution in [2.45, 2.75) is 6.92 Å². The molecule has 1 heterocycles. The van der Waals surface area contributed by atoms with Gasteiger partial charge in [-0.2, -0.15) is 0 Å². The second kappa shape index (κ2) is 5.46. The lowest BCUT2D eigenvalue weighted by molar-refractivity contribution is -0.384. The van der Waals surface area contributed by atoms with E-state index in [2.05, 4.69) is 0 Å². The van der Waals surface area contributed by atoms with Crippen molar-refractivity contribution in [3.8, 4) is 0 Å². The molecule has 0 aromatic heterocycles. The summed E-state index contributed by atoms with van der Waals surface area (Å²) in [6.07, 6.45) is 0. The van der Waals surface area contributed by atoms with Gasteiger partial charge < -0.3 is 0 Å². The smallest absolute Gasteiger partial charge is 0.269 e. The minimum atomic E-state index is -0.506. The van der Waals surface area contributed by atoms with Crippen molar-refractivity contribution in [1.29, 1.82) is 0 Å². The summed E-state index contributed by atoms with van der Waals surface area (Å²) < 4.78 is 0. The van der Waals surface area contributed by atoms with Crippen LogP contribution in [0.5, 0.6) is 0 Å². The maximum Gasteiger partial charge on any atom is 0.269 e. The number of amides is 2. The standard InChI is InChI=1S/C13H12N2O4S/c1-3-20-11-10(12(16)14(2)13(11)17)8-4-6-9(7-5-8)15(18)19/h4-7H,3H2,1-2H3. The lowest BCUT2D eigenvalue weighted by atomic mass is 10.1. The molecule has 20 heavy (non-hydrogen) atoms. The molecule has 6 nitrogen and oxygen atoms in total. The van der Waals surface area contributed by atoms with E-state index in [9.17, 15) is 19.7 Å². The highest BCUT2D eigenvalue weighted by atomic mass is 32.2. The van der Waals surface area contributed by atoms with Gasteiger partial charge in [0, 0.05) is 19.2 Å². The van der Waals surface area contributed by atoms with Crippen LogP contribution >= 0.6 is 11.8 Å². The van der Waals surface area contributed by atoms with Crippen molar-refractivity contribution >= 4 is 34.8 Å². The van der Waals surface area contributed by atoms with Crippen LogP contribution in [-0.4, -0.2) is 34.4 Å². The van der Waals surface area contributed by atoms with Gasteiger partial charge in [-0.3, -0.25) is 24.6 Å². The molecule has 0 saturated heterocycles. The van der Waals surface area contributed by atoms with E-state index in [0.29, 0.717) is 21.8 Å². The quantitative estimate of drug-likeness (QED) is 0.482. The van der Waals surface area contributed by atoms with E-state index in [-0.39, 0.29) is 17.5 Å². The highest BCUT2D eigenvalue weighted by Gasteiger charge is 2.36. The van der Waals surface area contributed by atoms with Gasteiger partial charge in [0.05, 0.1) is 15.4 Å². The zero-order chi connectivity index (χ0) is 14.9. The number of nitro benzene ring substituents is 1. The van der Waals surface area contributed by atoms with Crippen LogP contribution in [0.25, 0.3) is 5.57 Å². The van der Waals surface area contributed by atoms with Gasteiger partial charge in [-0.05, 0) is 23.4 Å². The van der Waals surface area contributed by atoms with Gasteiger partial charge >= 0.3 is 0 Å². The Morgan fingerprint density at radius 2 is 1.80 bits per heavy atom. The minimum absolute atomic E-state index is 0.0517. The van der Waals surface area contributed by atoms with Gasteiger partial charge in [0.15, 0.2) is 0 Å². The molecule has 2 rings (SSSR count). The Morgan fingerprint density at radius 1 is 1.20 bits per heavy atom. The Balaban J connectivity index is 2.49. The molecule has 2 amide bonds. The molecule has 104 valence electrons. The van der Waals surface area contributed by atoms with E-state index in [1.807, 2.05) is 6.92 Å². The Morgan fingerprint density at radius 3 is 2.30 bits per heavy atom. The SMILES string of the molecule is CCSC1=C(c2ccc([N+](=O)[O-])cc2)C(=O)N(C)C1=O. The van der Waals surface area contributed by atoms with Gasteiger partial charge in [-0.1, -0.05) is 6.92 Å². The number of hydrogen-bond donors (Lipinski definition) is 0. The molecule has 0 N–H and O–H groups in total. The van der Waals surface area contributed by atoms with Crippen LogP contribution in [0.2, 0.25) is 0 Å². The van der Waals surface area contributed by atoms with Crippen molar-refractivity contribution in [1.82, 2.24) is 4.90 Å². The molecule has 0 aliphatic carbocycles. The Bertz CT molecular complexity index is 622. The van der Waals surface area contributed by atoms with Crippen LogP contribution in [-0.2, 0) is 9.59 Å². The highest BCUT2D eigenvalue weighted by molar-refractivity contribution is 8.04. The summed E-state index contributed by atoms with van der Waals surface area (Å²) in [5, 5.41) is 10.6. The third-order valence-corrected chi connectivity index (χ3v) is 3.86. The number of rotatable bonds is 4. The molecule has 1 aliphatic rings. The number of imide groups is 1. The topological polar surface area (TPSA) is 80.5 Å². The predicted octanol–water partition coefficient (Wildman–Crippen LogP) is 2.06. The number of likely N-dealkylation sites (N-methyl/N-ethyl adjacent to an activating group) is 1. The first kappa shape index (κ1) is 14.3. The average molecular weight is 292 g/mol. The van der Waals surface area contributed by atoms with Gasteiger partial charge in [0.2, 0.25) is 0 Å². The summed E-state index contributed by atoms with van der Waals surface area (Å²) in [6.45, 7) is 1.89. The summed E-state index contributed by atoms with van der Waals surface area (Å²) >= 11 is 1.30. The Hall–Kier alpha value is -2.15. The van der Waals surface area contributed by atoms with E-state index in [0.717, 1.165) is 4.90 Å². The summed E-state index contributed by atoms with van der Waals surface area (Å²) in [5.74, 6) is -0.0337. The molecule has 0 atom stereocenters. The largest absolute Gasteiger partial charge is 0.277 e. The molecule has 1 aromatic carbocycles. The van der Waals surface area contributed by atoms with E-state index in [4.69, 9.17) is 0 Å². The minimum Gasteiger partial charge on any atom is -0.277 e. The molecule has 0 radical (unpaired) electrons.